The van der Waals surface area contributed by atoms with E-state index < -0.39 is 0 Å². The molecule has 1 amide bonds. The molecule has 6 nitrogen and oxygen atoms in total. The van der Waals surface area contributed by atoms with E-state index in [0.29, 0.717) is 19.5 Å². The maximum atomic E-state index is 14.2. The monoisotopic (exact) mass is 621 g/mol. The Hall–Kier alpha value is -5.49. The van der Waals surface area contributed by atoms with E-state index in [-0.39, 0.29) is 11.8 Å². The van der Waals surface area contributed by atoms with Gasteiger partial charge in [-0.2, -0.15) is 0 Å². The highest BCUT2D eigenvalue weighted by molar-refractivity contribution is 5.87. The van der Waals surface area contributed by atoms with E-state index in [1.807, 2.05) is 71.6 Å². The number of carbonyl (C=O) groups excluding carboxylic acids is 1. The van der Waals surface area contributed by atoms with E-state index in [1.54, 1.807) is 7.11 Å². The van der Waals surface area contributed by atoms with Gasteiger partial charge in [-0.25, -0.2) is 0 Å². The number of piperazine rings is 1. The van der Waals surface area contributed by atoms with Crippen molar-refractivity contribution < 1.29 is 14.3 Å². The highest BCUT2D eigenvalue weighted by Crippen LogP contribution is 2.38. The summed E-state index contributed by atoms with van der Waals surface area (Å²) in [4.78, 5) is 18.5. The lowest BCUT2D eigenvalue weighted by Gasteiger charge is -2.37. The lowest BCUT2D eigenvalue weighted by atomic mass is 9.87. The average Bonchev–Trinajstić information content (AvgIpc) is 3.49. The van der Waals surface area contributed by atoms with Crippen LogP contribution in [0.25, 0.3) is 10.9 Å². The predicted octanol–water partition coefficient (Wildman–Crippen LogP) is 8.36. The minimum absolute atomic E-state index is 0.156. The molecule has 0 aliphatic carbocycles. The molecule has 0 saturated carbocycles. The highest BCUT2D eigenvalue weighted by atomic mass is 16.5. The van der Waals surface area contributed by atoms with Crippen molar-refractivity contribution in [3.05, 3.63) is 156 Å². The van der Waals surface area contributed by atoms with E-state index in [4.69, 9.17) is 9.47 Å². The third-order valence-electron chi connectivity index (χ3n) is 9.07. The quantitative estimate of drug-likeness (QED) is 0.154. The number of benzene rings is 5. The van der Waals surface area contributed by atoms with Crippen molar-refractivity contribution in [2.24, 2.45) is 0 Å². The zero-order valence-electron chi connectivity index (χ0n) is 26.7. The smallest absolute Gasteiger partial charge is 0.223 e. The van der Waals surface area contributed by atoms with E-state index in [0.717, 1.165) is 64.6 Å². The molecule has 0 unspecified atom stereocenters. The fourth-order valence-corrected chi connectivity index (χ4v) is 6.68. The number of hydrogen-bond donors (Lipinski definition) is 0. The molecule has 236 valence electrons. The summed E-state index contributed by atoms with van der Waals surface area (Å²) in [6.45, 7) is 3.60. The van der Waals surface area contributed by atoms with Crippen LogP contribution in [0.1, 0.15) is 29.0 Å². The first kappa shape index (κ1) is 30.2. The first-order chi connectivity index (χ1) is 23.2. The van der Waals surface area contributed by atoms with Gasteiger partial charge < -0.3 is 23.8 Å². The number of nitrogens with zero attached hydrogens (tertiary/aromatic N) is 3. The van der Waals surface area contributed by atoms with Crippen LogP contribution in [0.2, 0.25) is 0 Å². The Labute approximate surface area is 276 Å². The summed E-state index contributed by atoms with van der Waals surface area (Å²) in [6.07, 6.45) is 2.61. The Kier molecular flexibility index (Phi) is 8.91. The summed E-state index contributed by atoms with van der Waals surface area (Å²) in [5, 5.41) is 1.16. The molecule has 1 aliphatic heterocycles. The Morgan fingerprint density at radius 3 is 2.19 bits per heavy atom. The van der Waals surface area contributed by atoms with Crippen LogP contribution in [0.3, 0.4) is 0 Å². The Bertz CT molecular complexity index is 1950. The number of carbonyl (C=O) groups is 1. The van der Waals surface area contributed by atoms with Crippen LogP contribution < -0.4 is 14.4 Å². The molecule has 0 bridgehead atoms. The van der Waals surface area contributed by atoms with Gasteiger partial charge in [-0.15, -0.1) is 0 Å². The second-order valence-electron chi connectivity index (χ2n) is 12.0. The van der Waals surface area contributed by atoms with Crippen molar-refractivity contribution in [1.82, 2.24) is 9.47 Å². The summed E-state index contributed by atoms with van der Waals surface area (Å²) in [6, 6.07) is 45.2. The molecule has 47 heavy (non-hydrogen) atoms. The van der Waals surface area contributed by atoms with Gasteiger partial charge >= 0.3 is 0 Å². The molecular weight excluding hydrogens is 582 g/mol. The first-order valence-electron chi connectivity index (χ1n) is 16.3. The maximum absolute atomic E-state index is 14.2. The van der Waals surface area contributed by atoms with Gasteiger partial charge in [0.2, 0.25) is 5.91 Å². The Morgan fingerprint density at radius 1 is 0.723 bits per heavy atom. The lowest BCUT2D eigenvalue weighted by Crippen LogP contribution is -2.49. The largest absolute Gasteiger partial charge is 0.495 e. The molecule has 6 heteroatoms. The van der Waals surface area contributed by atoms with Crippen LogP contribution in [0.4, 0.5) is 5.69 Å². The number of ether oxygens (including phenoxy) is 2. The molecule has 1 atom stereocenters. The van der Waals surface area contributed by atoms with E-state index in [9.17, 15) is 4.79 Å². The normalized spacial score (nSPS) is 13.8. The maximum Gasteiger partial charge on any atom is 0.223 e. The summed E-state index contributed by atoms with van der Waals surface area (Å²) in [5.74, 6) is 2.39. The predicted molar refractivity (Wildman–Crippen MR) is 189 cm³/mol. The van der Waals surface area contributed by atoms with Gasteiger partial charge in [0.15, 0.2) is 0 Å². The van der Waals surface area contributed by atoms with Crippen LogP contribution in [0.15, 0.2) is 140 Å². The van der Waals surface area contributed by atoms with Gasteiger partial charge in [-0.1, -0.05) is 91.0 Å². The fourth-order valence-electron chi connectivity index (χ4n) is 6.68. The van der Waals surface area contributed by atoms with Crippen LogP contribution in [0.5, 0.6) is 17.2 Å². The van der Waals surface area contributed by atoms with Crippen LogP contribution >= 0.6 is 0 Å². The fraction of sp³-hybridized carbons (Fsp3) is 0.195. The summed E-state index contributed by atoms with van der Waals surface area (Å²) >= 11 is 0. The van der Waals surface area contributed by atoms with Crippen molar-refractivity contribution in [2.45, 2.75) is 18.9 Å². The van der Waals surface area contributed by atoms with Crippen LogP contribution in [-0.2, 0) is 11.3 Å². The summed E-state index contributed by atoms with van der Waals surface area (Å²) in [7, 11) is 1.70. The molecule has 1 saturated heterocycles. The molecular formula is C41H39N3O3. The average molecular weight is 622 g/mol. The third-order valence-corrected chi connectivity index (χ3v) is 9.07. The standard InChI is InChI=1S/C41H39N3O3/c1-46-40-22-11-10-21-39(40)42-23-25-43(26-24-42)41(45)28-36(32-15-12-18-34(27-32)47-33-16-6-3-7-17-33)37-30-44(29-31-13-4-2-5-14-31)38-20-9-8-19-35(37)38/h2-22,27,30,36H,23-26,28-29H2,1H3/t36-/m0/s1. The van der Waals surface area contributed by atoms with E-state index in [1.165, 1.54) is 5.56 Å². The first-order valence-corrected chi connectivity index (χ1v) is 16.3. The molecule has 6 aromatic rings. The van der Waals surface area contributed by atoms with Crippen LogP contribution in [0, 0.1) is 0 Å². The number of hydrogen-bond acceptors (Lipinski definition) is 4. The molecule has 0 radical (unpaired) electrons. The molecule has 1 aromatic heterocycles. The topological polar surface area (TPSA) is 46.9 Å². The molecule has 5 aromatic carbocycles. The van der Waals surface area contributed by atoms with Crippen molar-refractivity contribution >= 4 is 22.5 Å². The minimum atomic E-state index is -0.156. The van der Waals surface area contributed by atoms with Gasteiger partial charge in [-0.3, -0.25) is 4.79 Å². The van der Waals surface area contributed by atoms with Gasteiger partial charge in [0.1, 0.15) is 17.2 Å². The molecule has 1 aliphatic rings. The van der Waals surface area contributed by atoms with Gasteiger partial charge in [0, 0.05) is 62.2 Å². The summed E-state index contributed by atoms with van der Waals surface area (Å²) < 4.78 is 14.2. The van der Waals surface area contributed by atoms with Crippen molar-refractivity contribution in [1.29, 1.82) is 0 Å². The van der Waals surface area contributed by atoms with E-state index in [2.05, 4.69) is 82.4 Å². The van der Waals surface area contributed by atoms with Crippen molar-refractivity contribution in [3.8, 4) is 17.2 Å². The number of amides is 1. The number of anilines is 1. The zero-order valence-corrected chi connectivity index (χ0v) is 26.7. The number of aromatic nitrogens is 1. The number of methoxy groups -OCH3 is 1. The van der Waals surface area contributed by atoms with Gasteiger partial charge in [0.05, 0.1) is 12.8 Å². The molecule has 2 heterocycles. The molecule has 7 rings (SSSR count). The highest BCUT2D eigenvalue weighted by Gasteiger charge is 2.28. The van der Waals surface area contributed by atoms with Gasteiger partial charge in [-0.05, 0) is 59.2 Å². The number of para-hydroxylation sites is 4. The number of fused-ring (bicyclic) bond motifs is 1. The second kappa shape index (κ2) is 13.9. The molecule has 0 spiro atoms. The second-order valence-corrected chi connectivity index (χ2v) is 12.0. The molecule has 1 fully saturated rings. The SMILES string of the molecule is COc1ccccc1N1CCN(C(=O)C[C@@H](c2cccc(Oc3ccccc3)c2)c2cn(Cc3ccccc3)c3ccccc23)CC1. The van der Waals surface area contributed by atoms with Crippen molar-refractivity contribution in [2.75, 3.05) is 38.2 Å². The van der Waals surface area contributed by atoms with Crippen LogP contribution in [-0.4, -0.2) is 48.7 Å². The lowest BCUT2D eigenvalue weighted by molar-refractivity contribution is -0.131. The third kappa shape index (κ3) is 6.73. The minimum Gasteiger partial charge on any atom is -0.495 e. The molecule has 0 N–H and O–H groups in total. The van der Waals surface area contributed by atoms with Gasteiger partial charge in [0.25, 0.3) is 0 Å². The van der Waals surface area contributed by atoms with Crippen molar-refractivity contribution in [3.63, 3.8) is 0 Å². The van der Waals surface area contributed by atoms with E-state index >= 15 is 0 Å². The zero-order chi connectivity index (χ0) is 32.0. The summed E-state index contributed by atoms with van der Waals surface area (Å²) in [5.41, 5.74) is 5.67. The number of rotatable bonds is 10. The Morgan fingerprint density at radius 2 is 1.40 bits per heavy atom. The Balaban J connectivity index is 1.20.